The zero-order valence-electron chi connectivity index (χ0n) is 18.8. The van der Waals surface area contributed by atoms with Gasteiger partial charge in [-0.1, -0.05) is 39.3 Å². The van der Waals surface area contributed by atoms with Crippen molar-refractivity contribution in [3.05, 3.63) is 11.6 Å². The molecule has 4 nitrogen and oxygen atoms in total. The minimum absolute atomic E-state index is 0.0883. The second-order valence-corrected chi connectivity index (χ2v) is 11.7. The van der Waals surface area contributed by atoms with Gasteiger partial charge in [-0.2, -0.15) is 0 Å². The number of aliphatic hydroxyl groups excluding tert-OH is 1. The zero-order chi connectivity index (χ0) is 21.2. The fraction of sp³-hybridized carbons (Fsp3) is 0.880. The van der Waals surface area contributed by atoms with Gasteiger partial charge < -0.3 is 15.9 Å². The van der Waals surface area contributed by atoms with Crippen LogP contribution in [0.15, 0.2) is 11.6 Å². The molecule has 0 heterocycles. The lowest BCUT2D eigenvalue weighted by Crippen LogP contribution is -2.69. The summed E-state index contributed by atoms with van der Waals surface area (Å²) in [6.45, 7) is 9.62. The highest BCUT2D eigenvalue weighted by Gasteiger charge is 2.69. The predicted octanol–water partition coefficient (Wildman–Crippen LogP) is 4.90. The molecule has 29 heavy (non-hydrogen) atoms. The molecule has 0 amide bonds. The Hall–Kier alpha value is -0.870. The maximum absolute atomic E-state index is 11.1. The summed E-state index contributed by atoms with van der Waals surface area (Å²) >= 11 is 0. The second-order valence-electron chi connectivity index (χ2n) is 11.7. The van der Waals surface area contributed by atoms with Gasteiger partial charge in [-0.15, -0.1) is 0 Å². The molecule has 0 aliphatic heterocycles. The fourth-order valence-corrected chi connectivity index (χ4v) is 8.61. The van der Waals surface area contributed by atoms with Gasteiger partial charge in [-0.05, 0) is 91.8 Å². The molecule has 4 N–H and O–H groups in total. The average Bonchev–Trinajstić information content (AvgIpc) is 2.93. The maximum Gasteiger partial charge on any atom is 0.303 e. The number of allylic oxidation sites excluding steroid dienone is 1. The first-order valence-electron chi connectivity index (χ1n) is 11.9. The third-order valence-electron chi connectivity index (χ3n) is 10.8. The summed E-state index contributed by atoms with van der Waals surface area (Å²) in [4.78, 5) is 11.1. The molecule has 8 atom stereocenters. The molecule has 164 valence electrons. The van der Waals surface area contributed by atoms with Crippen LogP contribution in [0.2, 0.25) is 0 Å². The van der Waals surface area contributed by atoms with Gasteiger partial charge in [0.05, 0.1) is 6.10 Å². The van der Waals surface area contributed by atoms with Crippen molar-refractivity contribution in [2.45, 2.75) is 104 Å². The summed E-state index contributed by atoms with van der Waals surface area (Å²) in [6.07, 6.45) is 11.7. The van der Waals surface area contributed by atoms with Crippen LogP contribution in [-0.4, -0.2) is 27.8 Å². The van der Waals surface area contributed by atoms with E-state index in [4.69, 9.17) is 10.8 Å². The highest BCUT2D eigenvalue weighted by molar-refractivity contribution is 5.66. The topological polar surface area (TPSA) is 83.5 Å². The lowest BCUT2D eigenvalue weighted by atomic mass is 9.38. The first-order chi connectivity index (χ1) is 13.5. The number of hydrogen-bond acceptors (Lipinski definition) is 3. The van der Waals surface area contributed by atoms with E-state index in [2.05, 4.69) is 33.8 Å². The van der Waals surface area contributed by atoms with Crippen molar-refractivity contribution < 1.29 is 15.0 Å². The van der Waals surface area contributed by atoms with Crippen LogP contribution in [0.1, 0.15) is 91.9 Å². The molecule has 0 bridgehead atoms. The molecule has 0 aromatic rings. The molecule has 0 aromatic carbocycles. The number of carboxylic acid groups (broad SMARTS) is 1. The number of nitrogens with two attached hydrogens (primary N) is 1. The highest BCUT2D eigenvalue weighted by Crippen LogP contribution is 2.72. The molecule has 0 spiro atoms. The molecule has 8 unspecified atom stereocenters. The minimum Gasteiger partial charge on any atom is -0.481 e. The molecular weight excluding hydrogens is 362 g/mol. The Labute approximate surface area is 176 Å². The Morgan fingerprint density at radius 1 is 1.17 bits per heavy atom. The number of fused-ring (bicyclic) bond motifs is 5. The van der Waals surface area contributed by atoms with Crippen molar-refractivity contribution in [3.8, 4) is 0 Å². The quantitative estimate of drug-likeness (QED) is 0.583. The number of rotatable bonds is 4. The van der Waals surface area contributed by atoms with E-state index >= 15 is 0 Å². The van der Waals surface area contributed by atoms with Gasteiger partial charge in [0.2, 0.25) is 0 Å². The summed E-state index contributed by atoms with van der Waals surface area (Å²) in [7, 11) is 0. The summed E-state index contributed by atoms with van der Waals surface area (Å²) in [5.41, 5.74) is 9.16. The van der Waals surface area contributed by atoms with Crippen LogP contribution < -0.4 is 5.73 Å². The Kier molecular flexibility index (Phi) is 5.02. The Morgan fingerprint density at radius 2 is 1.86 bits per heavy atom. The third-order valence-corrected chi connectivity index (χ3v) is 10.8. The van der Waals surface area contributed by atoms with Crippen LogP contribution in [0.3, 0.4) is 0 Å². The first kappa shape index (κ1) is 21.4. The van der Waals surface area contributed by atoms with Crippen molar-refractivity contribution in [3.63, 3.8) is 0 Å². The SMILES string of the molecule is CC(CCC(=O)O)C1CCC2(N)C3CC=C4CC(O)CCC4(C)C3(C)CCC12C. The Bertz CT molecular complexity index is 719. The number of carbonyl (C=O) groups is 1. The summed E-state index contributed by atoms with van der Waals surface area (Å²) in [5.74, 6) is 0.700. The van der Waals surface area contributed by atoms with E-state index in [1.165, 1.54) is 12.0 Å². The monoisotopic (exact) mass is 403 g/mol. The molecule has 0 aromatic heterocycles. The summed E-state index contributed by atoms with van der Waals surface area (Å²) in [5, 5.41) is 19.4. The molecule has 4 aliphatic carbocycles. The van der Waals surface area contributed by atoms with Gasteiger partial charge in [-0.25, -0.2) is 0 Å². The summed E-state index contributed by atoms with van der Waals surface area (Å²) in [6, 6.07) is 0. The van der Waals surface area contributed by atoms with E-state index in [0.29, 0.717) is 17.8 Å². The standard InChI is InChI=1S/C25H41NO3/c1-16(5-8-21(28)29)19-10-12-25(26)20-7-6-17-15-18(27)9-11-22(17,2)24(20,4)14-13-23(19,25)3/h6,16,18-20,27H,5,7-15,26H2,1-4H3,(H,28,29). The van der Waals surface area contributed by atoms with Crippen molar-refractivity contribution >= 4 is 5.97 Å². The van der Waals surface area contributed by atoms with Crippen molar-refractivity contribution in [2.75, 3.05) is 0 Å². The second kappa shape index (κ2) is 6.82. The van der Waals surface area contributed by atoms with Crippen LogP contribution in [0.25, 0.3) is 0 Å². The smallest absolute Gasteiger partial charge is 0.303 e. The van der Waals surface area contributed by atoms with Crippen LogP contribution in [-0.2, 0) is 4.79 Å². The highest BCUT2D eigenvalue weighted by atomic mass is 16.4. The number of carboxylic acids is 1. The summed E-state index contributed by atoms with van der Waals surface area (Å²) < 4.78 is 0. The van der Waals surface area contributed by atoms with Gasteiger partial charge in [0.25, 0.3) is 0 Å². The first-order valence-corrected chi connectivity index (χ1v) is 11.9. The molecule has 0 radical (unpaired) electrons. The van der Waals surface area contributed by atoms with Crippen molar-refractivity contribution in [2.24, 2.45) is 39.7 Å². The molecule has 4 rings (SSSR count). The fourth-order valence-electron chi connectivity index (χ4n) is 8.61. The van der Waals surface area contributed by atoms with Crippen LogP contribution >= 0.6 is 0 Å². The van der Waals surface area contributed by atoms with E-state index in [1.54, 1.807) is 0 Å². The molecule has 4 heteroatoms. The molecule has 3 saturated carbocycles. The third kappa shape index (κ3) is 2.81. The van der Waals surface area contributed by atoms with Crippen LogP contribution in [0.5, 0.6) is 0 Å². The van der Waals surface area contributed by atoms with E-state index in [0.717, 1.165) is 51.4 Å². The van der Waals surface area contributed by atoms with Crippen LogP contribution in [0.4, 0.5) is 0 Å². The molecule has 3 fully saturated rings. The van der Waals surface area contributed by atoms with E-state index < -0.39 is 5.97 Å². The molecule has 4 aliphatic rings. The molecule has 0 saturated heterocycles. The number of aliphatic hydroxyl groups is 1. The minimum atomic E-state index is -0.687. The van der Waals surface area contributed by atoms with E-state index in [9.17, 15) is 9.90 Å². The Balaban J connectivity index is 1.66. The molecular formula is C25H41NO3. The lowest BCUT2D eigenvalue weighted by Gasteiger charge is -2.67. The Morgan fingerprint density at radius 3 is 2.55 bits per heavy atom. The van der Waals surface area contributed by atoms with Gasteiger partial charge in [-0.3, -0.25) is 4.79 Å². The normalized spacial score (nSPS) is 50.1. The number of hydrogen-bond donors (Lipinski definition) is 3. The number of aliphatic carboxylic acids is 1. The van der Waals surface area contributed by atoms with Gasteiger partial charge >= 0.3 is 5.97 Å². The predicted molar refractivity (Wildman–Crippen MR) is 115 cm³/mol. The lowest BCUT2D eigenvalue weighted by molar-refractivity contribution is -0.138. The van der Waals surface area contributed by atoms with E-state index in [1.807, 2.05) is 0 Å². The average molecular weight is 404 g/mol. The van der Waals surface area contributed by atoms with Gasteiger partial charge in [0, 0.05) is 12.0 Å². The maximum atomic E-state index is 11.1. The van der Waals surface area contributed by atoms with Crippen molar-refractivity contribution in [1.29, 1.82) is 0 Å². The van der Waals surface area contributed by atoms with Crippen LogP contribution in [0, 0.1) is 34.0 Å². The van der Waals surface area contributed by atoms with Crippen molar-refractivity contribution in [1.82, 2.24) is 0 Å². The van der Waals surface area contributed by atoms with Gasteiger partial charge in [0.15, 0.2) is 0 Å². The van der Waals surface area contributed by atoms with Gasteiger partial charge in [0.1, 0.15) is 0 Å². The largest absolute Gasteiger partial charge is 0.481 e. The van der Waals surface area contributed by atoms with E-state index in [-0.39, 0.29) is 34.3 Å². The zero-order valence-corrected chi connectivity index (χ0v) is 18.8.